The Morgan fingerprint density at radius 1 is 1.07 bits per heavy atom. The van der Waals surface area contributed by atoms with Gasteiger partial charge in [-0.05, 0) is 36.4 Å². The molecule has 4 rings (SSSR count). The molecule has 0 saturated carbocycles. The van der Waals surface area contributed by atoms with Crippen LogP contribution in [0.2, 0.25) is 0 Å². The summed E-state index contributed by atoms with van der Waals surface area (Å²) in [5, 5.41) is 2.87. The molecule has 1 N–H and O–H groups in total. The molecule has 0 atom stereocenters. The number of carbonyl (C=O) groups excluding carboxylic acids is 2. The number of nitrogens with zero attached hydrogens (tertiary/aromatic N) is 3. The van der Waals surface area contributed by atoms with E-state index in [1.165, 1.54) is 6.20 Å². The number of hydrogen-bond acceptors (Lipinski definition) is 6. The van der Waals surface area contributed by atoms with Gasteiger partial charge in [-0.2, -0.15) is 0 Å². The van der Waals surface area contributed by atoms with Crippen LogP contribution in [0.15, 0.2) is 36.5 Å². The van der Waals surface area contributed by atoms with Gasteiger partial charge in [0.2, 0.25) is 6.79 Å². The second-order valence-corrected chi connectivity index (χ2v) is 7.03. The van der Waals surface area contributed by atoms with Crippen LogP contribution in [0, 0.1) is 0 Å². The molecule has 2 aliphatic rings. The van der Waals surface area contributed by atoms with Crippen LogP contribution in [0.25, 0.3) is 0 Å². The normalized spacial score (nSPS) is 16.0. The Hall–Kier alpha value is -3.13. The topological polar surface area (TPSA) is 84.0 Å². The van der Waals surface area contributed by atoms with Crippen molar-refractivity contribution in [3.05, 3.63) is 53.3 Å². The first-order chi connectivity index (χ1) is 14.1. The van der Waals surface area contributed by atoms with Crippen LogP contribution in [0.3, 0.4) is 0 Å². The predicted octanol–water partition coefficient (Wildman–Crippen LogP) is 1.52. The Morgan fingerprint density at radius 2 is 1.86 bits per heavy atom. The highest BCUT2D eigenvalue weighted by Crippen LogP contribution is 2.32. The molecule has 0 bridgehead atoms. The van der Waals surface area contributed by atoms with Crippen molar-refractivity contribution in [1.82, 2.24) is 20.1 Å². The molecule has 29 heavy (non-hydrogen) atoms. The predicted molar refractivity (Wildman–Crippen MR) is 106 cm³/mol. The number of rotatable bonds is 5. The molecule has 1 aromatic heterocycles. The molecule has 2 aromatic rings. The number of fused-ring (bicyclic) bond motifs is 1. The highest BCUT2D eigenvalue weighted by Gasteiger charge is 2.23. The highest BCUT2D eigenvalue weighted by atomic mass is 16.7. The zero-order valence-electron chi connectivity index (χ0n) is 16.4. The highest BCUT2D eigenvalue weighted by molar-refractivity contribution is 5.98. The lowest BCUT2D eigenvalue weighted by Crippen LogP contribution is -2.48. The number of hydrogen-bond donors (Lipinski definition) is 1. The average molecular weight is 396 g/mol. The Bertz CT molecular complexity index is 909. The Morgan fingerprint density at radius 3 is 2.66 bits per heavy atom. The number of piperazine rings is 1. The fraction of sp³-hybridized carbons (Fsp3) is 0.381. The van der Waals surface area contributed by atoms with E-state index >= 15 is 0 Å². The first kappa shape index (κ1) is 19.2. The molecule has 0 aliphatic carbocycles. The second kappa shape index (κ2) is 8.48. The summed E-state index contributed by atoms with van der Waals surface area (Å²) in [7, 11) is 0. The zero-order valence-corrected chi connectivity index (χ0v) is 16.4. The van der Waals surface area contributed by atoms with Crippen LogP contribution in [0.4, 0.5) is 0 Å². The molecule has 152 valence electrons. The quantitative estimate of drug-likeness (QED) is 0.825. The fourth-order valence-electron chi connectivity index (χ4n) is 3.45. The smallest absolute Gasteiger partial charge is 0.272 e. The Kier molecular flexibility index (Phi) is 5.62. The van der Waals surface area contributed by atoms with E-state index in [4.69, 9.17) is 9.47 Å². The van der Waals surface area contributed by atoms with Crippen molar-refractivity contribution in [2.75, 3.05) is 39.5 Å². The van der Waals surface area contributed by atoms with Gasteiger partial charge in [-0.1, -0.05) is 13.0 Å². The summed E-state index contributed by atoms with van der Waals surface area (Å²) in [6.45, 7) is 6.73. The van der Waals surface area contributed by atoms with Crippen LogP contribution in [-0.4, -0.2) is 66.1 Å². The number of nitrogens with one attached hydrogen (secondary N) is 1. The maximum absolute atomic E-state index is 12.7. The molecule has 1 saturated heterocycles. The van der Waals surface area contributed by atoms with E-state index in [-0.39, 0.29) is 18.6 Å². The van der Waals surface area contributed by atoms with E-state index in [1.54, 1.807) is 17.0 Å². The van der Waals surface area contributed by atoms with E-state index in [0.29, 0.717) is 42.4 Å². The van der Waals surface area contributed by atoms with Crippen LogP contribution >= 0.6 is 0 Å². The zero-order chi connectivity index (χ0) is 20.2. The lowest BCUT2D eigenvalue weighted by Gasteiger charge is -2.33. The monoisotopic (exact) mass is 396 g/mol. The second-order valence-electron chi connectivity index (χ2n) is 7.03. The molecular formula is C21H24N4O4. The Balaban J connectivity index is 1.37. The minimum Gasteiger partial charge on any atom is -0.454 e. The van der Waals surface area contributed by atoms with Gasteiger partial charge in [0, 0.05) is 44.5 Å². The summed E-state index contributed by atoms with van der Waals surface area (Å²) in [5.41, 5.74) is 1.61. The number of benzene rings is 1. The lowest BCUT2D eigenvalue weighted by atomic mass is 10.1. The van der Waals surface area contributed by atoms with Crippen molar-refractivity contribution in [3.63, 3.8) is 0 Å². The average Bonchev–Trinajstić information content (AvgIpc) is 3.25. The molecule has 0 unspecified atom stereocenters. The summed E-state index contributed by atoms with van der Waals surface area (Å²) in [4.78, 5) is 33.6. The van der Waals surface area contributed by atoms with Gasteiger partial charge >= 0.3 is 0 Å². The van der Waals surface area contributed by atoms with Crippen molar-refractivity contribution in [1.29, 1.82) is 0 Å². The molecule has 8 heteroatoms. The number of pyridine rings is 1. The minimum atomic E-state index is -0.255. The third kappa shape index (κ3) is 4.32. The van der Waals surface area contributed by atoms with Gasteiger partial charge in [-0.25, -0.2) is 0 Å². The van der Waals surface area contributed by atoms with E-state index in [0.717, 1.165) is 25.2 Å². The maximum atomic E-state index is 12.7. The summed E-state index contributed by atoms with van der Waals surface area (Å²) >= 11 is 0. The molecule has 0 spiro atoms. The summed E-state index contributed by atoms with van der Waals surface area (Å²) in [5.74, 6) is 0.995. The van der Waals surface area contributed by atoms with E-state index in [1.807, 2.05) is 18.2 Å². The maximum Gasteiger partial charge on any atom is 0.272 e. The van der Waals surface area contributed by atoms with Crippen LogP contribution < -0.4 is 14.8 Å². The molecule has 3 heterocycles. The third-order valence-corrected chi connectivity index (χ3v) is 5.24. The first-order valence-electron chi connectivity index (χ1n) is 9.78. The van der Waals surface area contributed by atoms with Gasteiger partial charge in [0.15, 0.2) is 11.5 Å². The van der Waals surface area contributed by atoms with Gasteiger partial charge in [-0.15, -0.1) is 0 Å². The van der Waals surface area contributed by atoms with Gasteiger partial charge in [-0.3, -0.25) is 14.6 Å². The van der Waals surface area contributed by atoms with Crippen molar-refractivity contribution >= 4 is 11.8 Å². The number of aromatic nitrogens is 1. The standard InChI is InChI=1S/C21H24N4O4/c1-2-24-7-9-25(10-8-24)21(27)17-12-16(5-6-22-17)20(26)23-13-15-3-4-18-19(11-15)29-14-28-18/h3-6,11-12H,2,7-10,13-14H2,1H3,(H,23,26). The minimum absolute atomic E-state index is 0.133. The summed E-state index contributed by atoms with van der Waals surface area (Å²) in [6, 6.07) is 8.72. The van der Waals surface area contributed by atoms with E-state index < -0.39 is 0 Å². The molecule has 2 amide bonds. The molecule has 0 radical (unpaired) electrons. The molecule has 1 aromatic carbocycles. The number of likely N-dealkylation sites (N-methyl/N-ethyl adjacent to an activating group) is 1. The van der Waals surface area contributed by atoms with E-state index in [9.17, 15) is 9.59 Å². The largest absolute Gasteiger partial charge is 0.454 e. The molecule has 2 aliphatic heterocycles. The fourth-order valence-corrected chi connectivity index (χ4v) is 3.45. The van der Waals surface area contributed by atoms with Gasteiger partial charge in [0.25, 0.3) is 11.8 Å². The first-order valence-corrected chi connectivity index (χ1v) is 9.78. The number of amides is 2. The number of carbonyl (C=O) groups is 2. The van der Waals surface area contributed by atoms with Crippen LogP contribution in [0.1, 0.15) is 33.3 Å². The molecular weight excluding hydrogens is 372 g/mol. The van der Waals surface area contributed by atoms with Crippen molar-refractivity contribution in [3.8, 4) is 11.5 Å². The Labute approximate surface area is 169 Å². The van der Waals surface area contributed by atoms with Crippen LogP contribution in [-0.2, 0) is 6.54 Å². The van der Waals surface area contributed by atoms with Crippen molar-refractivity contribution in [2.45, 2.75) is 13.5 Å². The summed E-state index contributed by atoms with van der Waals surface area (Å²) in [6.07, 6.45) is 1.50. The third-order valence-electron chi connectivity index (χ3n) is 5.24. The summed E-state index contributed by atoms with van der Waals surface area (Å²) < 4.78 is 10.6. The van der Waals surface area contributed by atoms with Gasteiger partial charge in [0.05, 0.1) is 0 Å². The lowest BCUT2D eigenvalue weighted by molar-refractivity contribution is 0.0637. The SMILES string of the molecule is CCN1CCN(C(=O)c2cc(C(=O)NCc3ccc4c(c3)OCO4)ccn2)CC1. The molecule has 1 fully saturated rings. The van der Waals surface area contributed by atoms with Crippen molar-refractivity contribution < 1.29 is 19.1 Å². The van der Waals surface area contributed by atoms with Crippen molar-refractivity contribution in [2.24, 2.45) is 0 Å². The van der Waals surface area contributed by atoms with Gasteiger partial charge in [0.1, 0.15) is 5.69 Å². The van der Waals surface area contributed by atoms with Gasteiger partial charge < -0.3 is 24.6 Å². The van der Waals surface area contributed by atoms with E-state index in [2.05, 4.69) is 22.1 Å². The molecule has 8 nitrogen and oxygen atoms in total. The number of ether oxygens (including phenoxy) is 2. The van der Waals surface area contributed by atoms with Crippen LogP contribution in [0.5, 0.6) is 11.5 Å².